The first kappa shape index (κ1) is 15.1. The molecule has 0 spiro atoms. The minimum atomic E-state index is -0.867. The van der Waals surface area contributed by atoms with Crippen molar-refractivity contribution < 1.29 is 14.3 Å². The van der Waals surface area contributed by atoms with Crippen LogP contribution in [0.4, 0.5) is 0 Å². The molecule has 0 saturated carbocycles. The molecule has 0 radical (unpaired) electrons. The number of rotatable bonds is 6. The maximum Gasteiger partial charge on any atom is 0.330 e. The number of carbonyl (C=O) groups is 1. The van der Waals surface area contributed by atoms with Crippen molar-refractivity contribution in [1.82, 2.24) is 5.32 Å². The Morgan fingerprint density at radius 2 is 1.94 bits per heavy atom. The lowest BCUT2D eigenvalue weighted by Crippen LogP contribution is -2.48. The standard InChI is InChI=1S/C13H18BrNO3/c1-13(12(16)18-3,15-8-9-17-2)10-4-6-11(14)7-5-10/h4-7,15H,8-9H2,1-3H3. The molecule has 0 heterocycles. The zero-order valence-electron chi connectivity index (χ0n) is 10.8. The Kier molecular flexibility index (Phi) is 5.78. The topological polar surface area (TPSA) is 47.6 Å². The van der Waals surface area contributed by atoms with Crippen LogP contribution in [-0.2, 0) is 19.8 Å². The van der Waals surface area contributed by atoms with Crippen LogP contribution < -0.4 is 5.32 Å². The second-order valence-corrected chi connectivity index (χ2v) is 4.96. The number of methoxy groups -OCH3 is 2. The molecule has 0 saturated heterocycles. The van der Waals surface area contributed by atoms with E-state index in [1.54, 1.807) is 14.0 Å². The van der Waals surface area contributed by atoms with Gasteiger partial charge >= 0.3 is 5.97 Å². The summed E-state index contributed by atoms with van der Waals surface area (Å²) in [6, 6.07) is 7.57. The number of esters is 1. The highest BCUT2D eigenvalue weighted by atomic mass is 79.9. The lowest BCUT2D eigenvalue weighted by molar-refractivity contribution is -0.148. The van der Waals surface area contributed by atoms with Gasteiger partial charge in [0.05, 0.1) is 13.7 Å². The smallest absolute Gasteiger partial charge is 0.330 e. The minimum absolute atomic E-state index is 0.319. The van der Waals surface area contributed by atoms with Gasteiger partial charge in [0.1, 0.15) is 5.54 Å². The van der Waals surface area contributed by atoms with Crippen molar-refractivity contribution in [2.45, 2.75) is 12.5 Å². The Bertz CT molecular complexity index is 394. The average Bonchev–Trinajstić information content (AvgIpc) is 2.38. The van der Waals surface area contributed by atoms with Crippen LogP contribution in [0.3, 0.4) is 0 Å². The Hall–Kier alpha value is -0.910. The van der Waals surface area contributed by atoms with Crippen molar-refractivity contribution in [3.8, 4) is 0 Å². The number of hydrogen-bond acceptors (Lipinski definition) is 4. The van der Waals surface area contributed by atoms with Gasteiger partial charge in [-0.3, -0.25) is 5.32 Å². The third kappa shape index (κ3) is 3.54. The highest BCUT2D eigenvalue weighted by Gasteiger charge is 2.35. The summed E-state index contributed by atoms with van der Waals surface area (Å²) in [6.07, 6.45) is 0. The van der Waals surface area contributed by atoms with E-state index in [-0.39, 0.29) is 5.97 Å². The lowest BCUT2D eigenvalue weighted by Gasteiger charge is -2.28. The first-order chi connectivity index (χ1) is 8.54. The fraction of sp³-hybridized carbons (Fsp3) is 0.462. The normalized spacial score (nSPS) is 14.0. The van der Waals surface area contributed by atoms with E-state index < -0.39 is 5.54 Å². The quantitative estimate of drug-likeness (QED) is 0.645. The monoisotopic (exact) mass is 315 g/mol. The first-order valence-corrected chi connectivity index (χ1v) is 6.42. The molecular formula is C13H18BrNO3. The van der Waals surface area contributed by atoms with Crippen LogP contribution in [0, 0.1) is 0 Å². The molecule has 0 aliphatic carbocycles. The summed E-state index contributed by atoms with van der Waals surface area (Å²) in [7, 11) is 3.01. The molecule has 1 aromatic carbocycles. The molecule has 1 unspecified atom stereocenters. The second-order valence-electron chi connectivity index (χ2n) is 4.04. The zero-order chi connectivity index (χ0) is 13.6. The Morgan fingerprint density at radius 1 is 1.33 bits per heavy atom. The Morgan fingerprint density at radius 3 is 2.44 bits per heavy atom. The summed E-state index contributed by atoms with van der Waals surface area (Å²) in [5, 5.41) is 3.17. The highest BCUT2D eigenvalue weighted by Crippen LogP contribution is 2.24. The molecule has 4 nitrogen and oxygen atoms in total. The van der Waals surface area contributed by atoms with Crippen LogP contribution in [0.15, 0.2) is 28.7 Å². The van der Waals surface area contributed by atoms with Crippen LogP contribution in [0.25, 0.3) is 0 Å². The van der Waals surface area contributed by atoms with Crippen molar-refractivity contribution in [3.05, 3.63) is 34.3 Å². The molecular weight excluding hydrogens is 298 g/mol. The van der Waals surface area contributed by atoms with Gasteiger partial charge in [-0.05, 0) is 24.6 Å². The second kappa shape index (κ2) is 6.87. The van der Waals surface area contributed by atoms with Crippen molar-refractivity contribution in [2.75, 3.05) is 27.4 Å². The highest BCUT2D eigenvalue weighted by molar-refractivity contribution is 9.10. The molecule has 0 aliphatic heterocycles. The predicted molar refractivity (Wildman–Crippen MR) is 73.4 cm³/mol. The fourth-order valence-corrected chi connectivity index (χ4v) is 1.95. The van der Waals surface area contributed by atoms with E-state index in [0.29, 0.717) is 13.2 Å². The maximum atomic E-state index is 12.0. The maximum absolute atomic E-state index is 12.0. The average molecular weight is 316 g/mol. The number of hydrogen-bond donors (Lipinski definition) is 1. The van der Waals surface area contributed by atoms with E-state index in [1.807, 2.05) is 24.3 Å². The molecule has 1 rings (SSSR count). The third-order valence-electron chi connectivity index (χ3n) is 2.80. The van der Waals surface area contributed by atoms with E-state index in [0.717, 1.165) is 10.0 Å². The van der Waals surface area contributed by atoms with Crippen molar-refractivity contribution >= 4 is 21.9 Å². The summed E-state index contributed by atoms with van der Waals surface area (Å²) in [5.74, 6) is -0.319. The van der Waals surface area contributed by atoms with Crippen molar-refractivity contribution in [3.63, 3.8) is 0 Å². The molecule has 0 amide bonds. The van der Waals surface area contributed by atoms with Gasteiger partial charge in [-0.25, -0.2) is 4.79 Å². The predicted octanol–water partition coefficient (Wildman–Crippen LogP) is 2.07. The molecule has 0 bridgehead atoms. The Balaban J connectivity index is 2.96. The third-order valence-corrected chi connectivity index (χ3v) is 3.33. The molecule has 100 valence electrons. The van der Waals surface area contributed by atoms with Crippen LogP contribution in [0.5, 0.6) is 0 Å². The van der Waals surface area contributed by atoms with Gasteiger partial charge in [-0.2, -0.15) is 0 Å². The van der Waals surface area contributed by atoms with Crippen LogP contribution in [0.2, 0.25) is 0 Å². The van der Waals surface area contributed by atoms with Gasteiger partial charge in [0.2, 0.25) is 0 Å². The van der Waals surface area contributed by atoms with E-state index in [2.05, 4.69) is 21.2 Å². The number of nitrogens with one attached hydrogen (secondary N) is 1. The largest absolute Gasteiger partial charge is 0.467 e. The molecule has 1 N–H and O–H groups in total. The zero-order valence-corrected chi connectivity index (χ0v) is 12.4. The van der Waals surface area contributed by atoms with Gasteiger partial charge < -0.3 is 9.47 Å². The van der Waals surface area contributed by atoms with Gasteiger partial charge in [0, 0.05) is 18.1 Å². The van der Waals surface area contributed by atoms with Crippen LogP contribution >= 0.6 is 15.9 Å². The van der Waals surface area contributed by atoms with Crippen LogP contribution in [0.1, 0.15) is 12.5 Å². The SMILES string of the molecule is COCCNC(C)(C(=O)OC)c1ccc(Br)cc1. The van der Waals surface area contributed by atoms with Gasteiger partial charge in [0.15, 0.2) is 0 Å². The molecule has 1 aromatic rings. The number of halogens is 1. The first-order valence-electron chi connectivity index (χ1n) is 5.63. The summed E-state index contributed by atoms with van der Waals surface area (Å²) in [4.78, 5) is 12.0. The molecule has 0 fully saturated rings. The lowest BCUT2D eigenvalue weighted by atomic mass is 9.92. The van der Waals surface area contributed by atoms with Gasteiger partial charge in [-0.15, -0.1) is 0 Å². The van der Waals surface area contributed by atoms with E-state index in [4.69, 9.17) is 9.47 Å². The fourth-order valence-electron chi connectivity index (χ4n) is 1.68. The van der Waals surface area contributed by atoms with E-state index >= 15 is 0 Å². The van der Waals surface area contributed by atoms with Crippen LogP contribution in [-0.4, -0.2) is 33.3 Å². The molecule has 0 aromatic heterocycles. The van der Waals surface area contributed by atoms with Crippen molar-refractivity contribution in [1.29, 1.82) is 0 Å². The van der Waals surface area contributed by atoms with E-state index in [1.165, 1.54) is 7.11 Å². The molecule has 18 heavy (non-hydrogen) atoms. The molecule has 5 heteroatoms. The Labute approximate surface area is 116 Å². The number of carbonyl (C=O) groups excluding carboxylic acids is 1. The summed E-state index contributed by atoms with van der Waals surface area (Å²) >= 11 is 3.37. The van der Waals surface area contributed by atoms with Gasteiger partial charge in [0.25, 0.3) is 0 Å². The minimum Gasteiger partial charge on any atom is -0.467 e. The molecule has 1 atom stereocenters. The van der Waals surface area contributed by atoms with Crippen molar-refractivity contribution in [2.24, 2.45) is 0 Å². The van der Waals surface area contributed by atoms with Gasteiger partial charge in [-0.1, -0.05) is 28.1 Å². The summed E-state index contributed by atoms with van der Waals surface area (Å²) in [5.41, 5.74) is -0.0118. The molecule has 0 aliphatic rings. The summed E-state index contributed by atoms with van der Waals surface area (Å²) in [6.45, 7) is 2.90. The number of ether oxygens (including phenoxy) is 2. The number of benzene rings is 1. The summed E-state index contributed by atoms with van der Waals surface area (Å²) < 4.78 is 10.8. The van der Waals surface area contributed by atoms with E-state index in [9.17, 15) is 4.79 Å².